The summed E-state index contributed by atoms with van der Waals surface area (Å²) in [5.74, 6) is -0.556. The molecule has 3 heteroatoms. The summed E-state index contributed by atoms with van der Waals surface area (Å²) in [6.07, 6.45) is 0.551. The van der Waals surface area contributed by atoms with Crippen molar-refractivity contribution in [3.8, 4) is 0 Å². The fourth-order valence-corrected chi connectivity index (χ4v) is 0.609. The van der Waals surface area contributed by atoms with Crippen molar-refractivity contribution in [1.29, 1.82) is 0 Å². The van der Waals surface area contributed by atoms with E-state index < -0.39 is 12.0 Å². The van der Waals surface area contributed by atoms with Crippen LogP contribution in [0, 0.1) is 5.92 Å². The molecule has 0 amide bonds. The van der Waals surface area contributed by atoms with Gasteiger partial charge in [0.2, 0.25) is 0 Å². The third-order valence-electron chi connectivity index (χ3n) is 1.04. The molecule has 1 atom stereocenters. The van der Waals surface area contributed by atoms with Gasteiger partial charge in [0, 0.05) is 0 Å². The summed E-state index contributed by atoms with van der Waals surface area (Å²) in [6.45, 7) is 3.89. The molecule has 0 aromatic carbocycles. The highest BCUT2D eigenvalue weighted by Crippen LogP contribution is 2.01. The van der Waals surface area contributed by atoms with Crippen LogP contribution in [0.15, 0.2) is 0 Å². The van der Waals surface area contributed by atoms with Crippen LogP contribution < -0.4 is 5.73 Å². The summed E-state index contributed by atoms with van der Waals surface area (Å²) in [5.41, 5.74) is 5.22. The molecule has 0 bridgehead atoms. The van der Waals surface area contributed by atoms with Gasteiger partial charge in [-0.15, -0.1) is 0 Å². The Kier molecular flexibility index (Phi) is 3.24. The van der Waals surface area contributed by atoms with Crippen LogP contribution in [0.5, 0.6) is 0 Å². The standard InChI is InChI=1S/C6H13NO2/c1-4(2)3-5(7)6(8)9/h4-5H,3,7H2,1-2H3,(H,8,9)/t5-/m0/s1/i1+1,2+1,3+1,4+1,5+1,6+1,7+1. The van der Waals surface area contributed by atoms with E-state index in [2.05, 4.69) is 0 Å². The highest BCUT2D eigenvalue weighted by atomic mass is 16.5. The molecule has 0 aliphatic rings. The lowest BCUT2D eigenvalue weighted by atomic mass is 11.0. The van der Waals surface area contributed by atoms with Gasteiger partial charge < -0.3 is 10.8 Å². The molecule has 9 heavy (non-hydrogen) atoms. The van der Waals surface area contributed by atoms with Crippen molar-refractivity contribution >= 4 is 5.97 Å². The van der Waals surface area contributed by atoms with E-state index in [-0.39, 0.29) is 0 Å². The summed E-state index contributed by atoms with van der Waals surface area (Å²) < 4.78 is 0. The molecule has 0 unspecified atom stereocenters. The minimum absolute atomic E-state index is 0.357. The zero-order valence-corrected chi connectivity index (χ0v) is 5.79. The molecule has 0 rings (SSSR count). The van der Waals surface area contributed by atoms with Gasteiger partial charge in [-0.05, 0) is 12.3 Å². The van der Waals surface area contributed by atoms with Crippen LogP contribution in [0.4, 0.5) is 0 Å². The zero-order chi connectivity index (χ0) is 7.44. The van der Waals surface area contributed by atoms with Crippen LogP contribution in [0.3, 0.4) is 0 Å². The lowest BCUT2D eigenvalue weighted by Gasteiger charge is -2.07. The van der Waals surface area contributed by atoms with Gasteiger partial charge in [0.05, 0.1) is 0 Å². The van der Waals surface area contributed by atoms with Crippen molar-refractivity contribution in [3.63, 3.8) is 0 Å². The summed E-state index contributed by atoms with van der Waals surface area (Å²) in [7, 11) is 0. The second-order valence-corrected chi connectivity index (χ2v) is 2.57. The van der Waals surface area contributed by atoms with Crippen LogP contribution in [0.25, 0.3) is 0 Å². The van der Waals surface area contributed by atoms with E-state index in [1.807, 2.05) is 13.8 Å². The summed E-state index contributed by atoms with van der Waals surface area (Å²) in [4.78, 5) is 10.1. The van der Waals surface area contributed by atoms with E-state index in [1.54, 1.807) is 0 Å². The van der Waals surface area contributed by atoms with E-state index >= 15 is 0 Å². The Morgan fingerprint density at radius 1 is 1.67 bits per heavy atom. The van der Waals surface area contributed by atoms with Crippen molar-refractivity contribution in [1.82, 2.24) is 0 Å². The molecule has 0 aromatic rings. The largest absolute Gasteiger partial charge is 0.480 e. The van der Waals surface area contributed by atoms with E-state index in [0.717, 1.165) is 0 Å². The highest BCUT2D eigenvalue weighted by molar-refractivity contribution is 5.72. The Hall–Kier alpha value is -0.570. The lowest BCUT2D eigenvalue weighted by molar-refractivity contribution is -0.138. The van der Waals surface area contributed by atoms with Crippen molar-refractivity contribution in [2.24, 2.45) is 11.7 Å². The SMILES string of the molecule is [13CH3][13CH]([13CH3])[13CH2][13C@H]([15NH2])[13C](=O)O. The van der Waals surface area contributed by atoms with Crippen LogP contribution in [0.2, 0.25) is 0 Å². The van der Waals surface area contributed by atoms with Crippen LogP contribution in [-0.2, 0) is 4.79 Å². The third-order valence-corrected chi connectivity index (χ3v) is 1.04. The Labute approximate surface area is 54.9 Å². The van der Waals surface area contributed by atoms with Crippen LogP contribution >= 0.6 is 0 Å². The van der Waals surface area contributed by atoms with E-state index in [1.165, 1.54) is 0 Å². The first kappa shape index (κ1) is 8.43. The smallest absolute Gasteiger partial charge is 0.320 e. The summed E-state index contributed by atoms with van der Waals surface area (Å²) >= 11 is 0. The molecular formula is C6H13NO2. The first-order chi connectivity index (χ1) is 4.04. The number of carboxylic acids is 1. The molecule has 0 heterocycles. The van der Waals surface area contributed by atoms with Gasteiger partial charge >= 0.3 is 5.97 Å². The minimum atomic E-state index is -0.913. The Balaban J connectivity index is 3.50. The number of hydrogen-bond donors (Lipinski definition) is 2. The topological polar surface area (TPSA) is 63.3 Å². The van der Waals surface area contributed by atoms with Crippen LogP contribution in [-0.4, -0.2) is 17.1 Å². The maximum Gasteiger partial charge on any atom is 0.320 e. The first-order valence-electron chi connectivity index (χ1n) is 3.02. The second kappa shape index (κ2) is 3.45. The number of hydrogen-bond acceptors (Lipinski definition) is 2. The molecule has 0 radical (unpaired) electrons. The average Bonchev–Trinajstić information content (AvgIpc) is 1.63. The third kappa shape index (κ3) is 3.97. The van der Waals surface area contributed by atoms with Gasteiger partial charge in [-0.3, -0.25) is 4.79 Å². The maximum atomic E-state index is 10.1. The van der Waals surface area contributed by atoms with E-state index in [4.69, 9.17) is 10.8 Å². The molecule has 0 spiro atoms. The predicted octanol–water partition coefficient (Wildman–Crippen LogP) is 0.444. The molecule has 54 valence electrons. The minimum Gasteiger partial charge on any atom is -0.480 e. The van der Waals surface area contributed by atoms with Gasteiger partial charge in [0.1, 0.15) is 6.04 Å². The number of nitrogens with two attached hydrogens (primary N) is 1. The first-order valence-corrected chi connectivity index (χ1v) is 3.02. The monoisotopic (exact) mass is 138 g/mol. The highest BCUT2D eigenvalue weighted by Gasteiger charge is 2.11. The molecule has 0 saturated heterocycles. The van der Waals surface area contributed by atoms with Gasteiger partial charge in [-0.1, -0.05) is 13.8 Å². The Morgan fingerprint density at radius 2 is 2.11 bits per heavy atom. The van der Waals surface area contributed by atoms with Crippen molar-refractivity contribution in [2.75, 3.05) is 0 Å². The van der Waals surface area contributed by atoms with Crippen molar-refractivity contribution in [3.05, 3.63) is 0 Å². The van der Waals surface area contributed by atoms with Gasteiger partial charge in [-0.25, -0.2) is 0 Å². The van der Waals surface area contributed by atoms with Gasteiger partial charge in [-0.2, -0.15) is 0 Å². The lowest BCUT2D eigenvalue weighted by Crippen LogP contribution is -2.31. The quantitative estimate of drug-likeness (QED) is 0.439. The fourth-order valence-electron chi connectivity index (χ4n) is 0.609. The maximum absolute atomic E-state index is 10.1. The fraction of sp³-hybridized carbons (Fsp3) is 0.833. The Bertz CT molecular complexity index is 101. The zero-order valence-electron chi connectivity index (χ0n) is 5.79. The number of carbonyl (C=O) groups is 1. The second-order valence-electron chi connectivity index (χ2n) is 2.57. The Morgan fingerprint density at radius 3 is 2.22 bits per heavy atom. The normalized spacial score (nSPS) is 13.8. The molecule has 3 nitrogen and oxygen atoms in total. The number of carboxylic acid groups (broad SMARTS) is 1. The molecule has 3 N–H and O–H groups in total. The summed E-state index contributed by atoms with van der Waals surface area (Å²) in [6, 6.07) is -0.690. The number of rotatable bonds is 3. The van der Waals surface area contributed by atoms with Gasteiger partial charge in [0.15, 0.2) is 0 Å². The van der Waals surface area contributed by atoms with Crippen molar-refractivity contribution in [2.45, 2.75) is 26.3 Å². The van der Waals surface area contributed by atoms with Crippen molar-refractivity contribution < 1.29 is 9.90 Å². The predicted molar refractivity (Wildman–Crippen MR) is 35.1 cm³/mol. The molecule has 0 fully saturated rings. The van der Waals surface area contributed by atoms with Crippen LogP contribution in [0.1, 0.15) is 20.3 Å². The number of aliphatic carboxylic acids is 1. The molecule has 0 aliphatic heterocycles. The molecule has 0 aromatic heterocycles. The summed E-state index contributed by atoms with van der Waals surface area (Å²) in [5, 5.41) is 8.31. The molecular weight excluding hydrogens is 125 g/mol. The van der Waals surface area contributed by atoms with E-state index in [0.29, 0.717) is 12.3 Å². The van der Waals surface area contributed by atoms with E-state index in [9.17, 15) is 4.79 Å². The average molecular weight is 138 g/mol. The molecule has 0 saturated carbocycles. The van der Waals surface area contributed by atoms with Gasteiger partial charge in [0.25, 0.3) is 0 Å². The molecule has 0 aliphatic carbocycles.